The van der Waals surface area contributed by atoms with Crippen molar-refractivity contribution >= 4 is 29.9 Å². The van der Waals surface area contributed by atoms with Crippen molar-refractivity contribution in [1.82, 2.24) is 25.4 Å². The second-order valence-electron chi connectivity index (χ2n) is 6.90. The van der Waals surface area contributed by atoms with E-state index in [2.05, 4.69) is 32.4 Å². The Hall–Kier alpha value is -1.62. The molecule has 0 atom stereocenters. The van der Waals surface area contributed by atoms with Crippen molar-refractivity contribution < 1.29 is 9.05 Å². The molecule has 1 aliphatic rings. The molecule has 2 aromatic rings. The Kier molecular flexibility index (Phi) is 9.23. The number of rotatable bonds is 7. The molecule has 1 aliphatic heterocycles. The number of aryl methyl sites for hydroxylation is 2. The van der Waals surface area contributed by atoms with Gasteiger partial charge in [0.25, 0.3) is 0 Å². The number of aromatic nitrogens is 2. The summed E-state index contributed by atoms with van der Waals surface area (Å²) in [5.41, 5.74) is 3.20. The van der Waals surface area contributed by atoms with Crippen molar-refractivity contribution in [3.05, 3.63) is 35.0 Å². The van der Waals surface area contributed by atoms with Gasteiger partial charge < -0.3 is 19.3 Å². The highest BCUT2D eigenvalue weighted by Gasteiger charge is 2.20. The van der Waals surface area contributed by atoms with Crippen molar-refractivity contribution in [3.8, 4) is 0 Å². The molecule has 0 spiro atoms. The molecule has 1 N–H and O–H groups in total. The Bertz CT molecular complexity index is 703. The maximum Gasteiger partial charge on any atom is 0.194 e. The number of nitrogens with one attached hydrogen (secondary N) is 1. The van der Waals surface area contributed by atoms with Gasteiger partial charge in [-0.2, -0.15) is 0 Å². The summed E-state index contributed by atoms with van der Waals surface area (Å²) < 4.78 is 10.2. The van der Waals surface area contributed by atoms with E-state index in [1.54, 1.807) is 6.26 Å². The molecule has 2 aromatic heterocycles. The first-order valence-corrected chi connectivity index (χ1v) is 9.74. The highest BCUT2D eigenvalue weighted by atomic mass is 127. The van der Waals surface area contributed by atoms with Gasteiger partial charge >= 0.3 is 0 Å². The third-order valence-electron chi connectivity index (χ3n) is 4.91. The Morgan fingerprint density at radius 3 is 2.61 bits per heavy atom. The quantitative estimate of drug-likeness (QED) is 0.270. The molecular formula is C19H31IN6O2. The molecule has 0 aliphatic carbocycles. The SMILES string of the molecule is CCNC(=NCCCc1c(C)noc1C)N1CCN(Cc2ccon2)CC1.I. The van der Waals surface area contributed by atoms with E-state index in [1.165, 1.54) is 5.56 Å². The lowest BCUT2D eigenvalue weighted by Gasteiger charge is -2.36. The van der Waals surface area contributed by atoms with Crippen LogP contribution in [0.1, 0.15) is 36.1 Å². The zero-order chi connectivity index (χ0) is 19.1. The Morgan fingerprint density at radius 1 is 1.21 bits per heavy atom. The molecule has 0 radical (unpaired) electrons. The summed E-state index contributed by atoms with van der Waals surface area (Å²) in [5, 5.41) is 11.4. The monoisotopic (exact) mass is 502 g/mol. The zero-order valence-electron chi connectivity index (χ0n) is 17.0. The van der Waals surface area contributed by atoms with Gasteiger partial charge in [-0.1, -0.05) is 10.3 Å². The van der Waals surface area contributed by atoms with Crippen LogP contribution in [0.5, 0.6) is 0 Å². The summed E-state index contributed by atoms with van der Waals surface area (Å²) in [6.45, 7) is 12.5. The van der Waals surface area contributed by atoms with Gasteiger partial charge in [-0.3, -0.25) is 9.89 Å². The van der Waals surface area contributed by atoms with Gasteiger partial charge in [-0.15, -0.1) is 24.0 Å². The van der Waals surface area contributed by atoms with Gasteiger partial charge in [-0.25, -0.2) is 0 Å². The Morgan fingerprint density at radius 2 is 2.00 bits per heavy atom. The van der Waals surface area contributed by atoms with Gasteiger partial charge in [0, 0.05) is 57.4 Å². The van der Waals surface area contributed by atoms with Gasteiger partial charge in [0.15, 0.2) is 5.96 Å². The zero-order valence-corrected chi connectivity index (χ0v) is 19.3. The smallest absolute Gasteiger partial charge is 0.194 e. The fourth-order valence-corrected chi connectivity index (χ4v) is 3.39. The van der Waals surface area contributed by atoms with Crippen LogP contribution in [0.15, 0.2) is 26.4 Å². The van der Waals surface area contributed by atoms with Crippen LogP contribution in [0.25, 0.3) is 0 Å². The van der Waals surface area contributed by atoms with Crippen LogP contribution in [0.3, 0.4) is 0 Å². The average Bonchev–Trinajstić information content (AvgIpc) is 3.29. The van der Waals surface area contributed by atoms with Crippen LogP contribution < -0.4 is 5.32 Å². The molecule has 0 saturated carbocycles. The number of aliphatic imine (C=N–C) groups is 1. The average molecular weight is 502 g/mol. The van der Waals surface area contributed by atoms with E-state index in [-0.39, 0.29) is 24.0 Å². The predicted octanol–water partition coefficient (Wildman–Crippen LogP) is 2.61. The predicted molar refractivity (Wildman–Crippen MR) is 119 cm³/mol. The molecule has 9 heteroatoms. The van der Waals surface area contributed by atoms with Crippen LogP contribution in [0, 0.1) is 13.8 Å². The van der Waals surface area contributed by atoms with Gasteiger partial charge in [0.2, 0.25) is 0 Å². The summed E-state index contributed by atoms with van der Waals surface area (Å²) in [6.07, 6.45) is 3.57. The lowest BCUT2D eigenvalue weighted by atomic mass is 10.1. The summed E-state index contributed by atoms with van der Waals surface area (Å²) in [5.74, 6) is 1.93. The van der Waals surface area contributed by atoms with Crippen LogP contribution in [-0.2, 0) is 13.0 Å². The van der Waals surface area contributed by atoms with Gasteiger partial charge in [0.05, 0.1) is 11.4 Å². The van der Waals surface area contributed by atoms with Gasteiger partial charge in [-0.05, 0) is 33.6 Å². The van der Waals surface area contributed by atoms with Gasteiger partial charge in [0.1, 0.15) is 12.0 Å². The minimum absolute atomic E-state index is 0. The van der Waals surface area contributed by atoms with Crippen LogP contribution in [-0.4, -0.2) is 65.3 Å². The van der Waals surface area contributed by atoms with E-state index in [9.17, 15) is 0 Å². The molecule has 1 fully saturated rings. The summed E-state index contributed by atoms with van der Waals surface area (Å²) in [4.78, 5) is 9.58. The second kappa shape index (κ2) is 11.4. The van der Waals surface area contributed by atoms with Crippen molar-refractivity contribution in [2.75, 3.05) is 39.3 Å². The van der Waals surface area contributed by atoms with E-state index in [4.69, 9.17) is 14.0 Å². The normalized spacial score (nSPS) is 15.5. The molecule has 0 aromatic carbocycles. The maximum atomic E-state index is 5.23. The van der Waals surface area contributed by atoms with E-state index < -0.39 is 0 Å². The highest BCUT2D eigenvalue weighted by Crippen LogP contribution is 2.14. The Labute approximate surface area is 183 Å². The molecule has 0 unspecified atom stereocenters. The summed E-state index contributed by atoms with van der Waals surface area (Å²) >= 11 is 0. The number of hydrogen-bond donors (Lipinski definition) is 1. The van der Waals surface area contributed by atoms with Crippen molar-refractivity contribution in [2.45, 2.75) is 40.2 Å². The minimum Gasteiger partial charge on any atom is -0.364 e. The minimum atomic E-state index is 0. The summed E-state index contributed by atoms with van der Waals surface area (Å²) in [7, 11) is 0. The number of guanidine groups is 1. The third-order valence-corrected chi connectivity index (χ3v) is 4.91. The summed E-state index contributed by atoms with van der Waals surface area (Å²) in [6, 6.07) is 1.93. The molecule has 156 valence electrons. The van der Waals surface area contributed by atoms with E-state index in [0.29, 0.717) is 0 Å². The first kappa shape index (κ1) is 22.7. The Balaban J connectivity index is 0.00000280. The van der Waals surface area contributed by atoms with E-state index in [1.807, 2.05) is 19.9 Å². The highest BCUT2D eigenvalue weighted by molar-refractivity contribution is 14.0. The largest absolute Gasteiger partial charge is 0.364 e. The fraction of sp³-hybridized carbons (Fsp3) is 0.632. The van der Waals surface area contributed by atoms with Crippen LogP contribution >= 0.6 is 24.0 Å². The maximum absolute atomic E-state index is 5.23. The molecular weight excluding hydrogens is 471 g/mol. The molecule has 3 heterocycles. The number of halogens is 1. The molecule has 8 nitrogen and oxygen atoms in total. The molecule has 1 saturated heterocycles. The third kappa shape index (κ3) is 6.20. The first-order valence-electron chi connectivity index (χ1n) is 9.74. The molecule has 28 heavy (non-hydrogen) atoms. The lowest BCUT2D eigenvalue weighted by Crippen LogP contribution is -2.52. The van der Waals surface area contributed by atoms with E-state index in [0.717, 1.165) is 81.8 Å². The topological polar surface area (TPSA) is 82.9 Å². The lowest BCUT2D eigenvalue weighted by molar-refractivity contribution is 0.169. The first-order chi connectivity index (χ1) is 13.2. The van der Waals surface area contributed by atoms with Crippen molar-refractivity contribution in [1.29, 1.82) is 0 Å². The fourth-order valence-electron chi connectivity index (χ4n) is 3.39. The van der Waals surface area contributed by atoms with Crippen molar-refractivity contribution in [3.63, 3.8) is 0 Å². The van der Waals surface area contributed by atoms with E-state index >= 15 is 0 Å². The molecule has 0 bridgehead atoms. The second-order valence-corrected chi connectivity index (χ2v) is 6.90. The van der Waals surface area contributed by atoms with Crippen molar-refractivity contribution in [2.24, 2.45) is 4.99 Å². The standard InChI is InChI=1S/C19H30N6O2.HI/c1-4-20-19(21-8-5-6-18-15(2)22-27-16(18)3)25-11-9-24(10-12-25)14-17-7-13-26-23-17;/h7,13H,4-6,8-12,14H2,1-3H3,(H,20,21);1H. The number of piperazine rings is 1. The number of hydrogen-bond acceptors (Lipinski definition) is 6. The number of nitrogens with zero attached hydrogens (tertiary/aromatic N) is 5. The molecule has 3 rings (SSSR count). The molecule has 0 amide bonds. The van der Waals surface area contributed by atoms with Crippen LogP contribution in [0.4, 0.5) is 0 Å². The van der Waals surface area contributed by atoms with Crippen LogP contribution in [0.2, 0.25) is 0 Å².